The molecular weight excluding hydrogens is 372 g/mol. The molecule has 3 nitrogen and oxygen atoms in total. The first-order valence-corrected chi connectivity index (χ1v) is 11.1. The van der Waals surface area contributed by atoms with Gasteiger partial charge in [0.15, 0.2) is 5.60 Å². The van der Waals surface area contributed by atoms with E-state index in [0.717, 1.165) is 31.2 Å². The summed E-state index contributed by atoms with van der Waals surface area (Å²) >= 11 is 0. The fourth-order valence-electron chi connectivity index (χ4n) is 6.34. The second-order valence-electron chi connectivity index (χ2n) is 11.0. The molecule has 3 heteroatoms. The van der Waals surface area contributed by atoms with Crippen molar-refractivity contribution >= 4 is 5.57 Å². The van der Waals surface area contributed by atoms with Gasteiger partial charge < -0.3 is 4.74 Å². The molecule has 0 radical (unpaired) electrons. The molecule has 2 aromatic rings. The van der Waals surface area contributed by atoms with Crippen LogP contribution in [0, 0.1) is 10.8 Å². The number of benzene rings is 2. The molecule has 0 N–H and O–H groups in total. The Morgan fingerprint density at radius 1 is 0.733 bits per heavy atom. The molecule has 1 aliphatic heterocycles. The lowest BCUT2D eigenvalue weighted by atomic mass is 9.63. The summed E-state index contributed by atoms with van der Waals surface area (Å²) in [5, 5.41) is 0. The molecule has 2 atom stereocenters. The number of rotatable bonds is 2. The van der Waals surface area contributed by atoms with E-state index >= 15 is 0 Å². The minimum Gasteiger partial charge on any atom is -0.336 e. The average Bonchev–Trinajstić information content (AvgIpc) is 3.06. The molecule has 1 saturated heterocycles. The topological polar surface area (TPSA) is 27.7 Å². The van der Waals surface area contributed by atoms with Crippen LogP contribution in [0.15, 0.2) is 66.7 Å². The molecule has 1 saturated carbocycles. The van der Waals surface area contributed by atoms with E-state index in [0.29, 0.717) is 0 Å². The van der Waals surface area contributed by atoms with Gasteiger partial charge >= 0.3 is 0 Å². The van der Waals surface area contributed by atoms with Gasteiger partial charge in [-0.15, -0.1) is 0 Å². The zero-order valence-electron chi connectivity index (χ0n) is 18.5. The Morgan fingerprint density at radius 3 is 1.97 bits per heavy atom. The molecule has 2 aromatic carbocycles. The van der Waals surface area contributed by atoms with E-state index in [1.54, 1.807) is 0 Å². The summed E-state index contributed by atoms with van der Waals surface area (Å²) in [5.41, 5.74) is 3.17. The summed E-state index contributed by atoms with van der Waals surface area (Å²) in [6.45, 7) is 9.23. The first-order valence-electron chi connectivity index (χ1n) is 11.1. The van der Waals surface area contributed by atoms with Crippen molar-refractivity contribution < 1.29 is 14.5 Å². The molecule has 5 rings (SSSR count). The lowest BCUT2D eigenvalue weighted by Gasteiger charge is -2.55. The zero-order chi connectivity index (χ0) is 21.0. The predicted octanol–water partition coefficient (Wildman–Crippen LogP) is 6.65. The van der Waals surface area contributed by atoms with Gasteiger partial charge in [-0.1, -0.05) is 88.4 Å². The third-order valence-corrected chi connectivity index (χ3v) is 6.81. The van der Waals surface area contributed by atoms with Crippen LogP contribution in [0.5, 0.6) is 0 Å². The Kier molecular flexibility index (Phi) is 4.52. The quantitative estimate of drug-likeness (QED) is 0.525. The van der Waals surface area contributed by atoms with Gasteiger partial charge in [0.25, 0.3) is 0 Å². The average molecular weight is 405 g/mol. The molecule has 30 heavy (non-hydrogen) atoms. The van der Waals surface area contributed by atoms with Gasteiger partial charge in [0.1, 0.15) is 6.10 Å². The first-order chi connectivity index (χ1) is 14.2. The molecule has 0 bridgehead atoms. The van der Waals surface area contributed by atoms with Crippen molar-refractivity contribution in [1.82, 2.24) is 0 Å². The number of hydrogen-bond acceptors (Lipinski definition) is 3. The maximum Gasteiger partial charge on any atom is 0.203 e. The highest BCUT2D eigenvalue weighted by Crippen LogP contribution is 2.58. The number of ether oxygens (including phenoxy) is 1. The number of hydrogen-bond donors (Lipinski definition) is 0. The van der Waals surface area contributed by atoms with Gasteiger partial charge in [0.2, 0.25) is 5.79 Å². The largest absolute Gasteiger partial charge is 0.336 e. The Morgan fingerprint density at radius 2 is 1.33 bits per heavy atom. The van der Waals surface area contributed by atoms with Gasteiger partial charge in [0, 0.05) is 19.3 Å². The highest BCUT2D eigenvalue weighted by atomic mass is 17.2. The maximum absolute atomic E-state index is 6.90. The zero-order valence-corrected chi connectivity index (χ0v) is 18.5. The van der Waals surface area contributed by atoms with Crippen molar-refractivity contribution in [3.8, 4) is 0 Å². The third kappa shape index (κ3) is 3.43. The smallest absolute Gasteiger partial charge is 0.203 e. The van der Waals surface area contributed by atoms with Crippen LogP contribution in [0.25, 0.3) is 5.57 Å². The van der Waals surface area contributed by atoms with E-state index in [9.17, 15) is 0 Å². The Bertz CT molecular complexity index is 929. The fourth-order valence-corrected chi connectivity index (χ4v) is 6.34. The summed E-state index contributed by atoms with van der Waals surface area (Å²) in [6.07, 6.45) is 5.62. The molecule has 1 spiro atoms. The van der Waals surface area contributed by atoms with E-state index in [2.05, 4.69) is 88.4 Å². The molecular formula is C27H32O3. The van der Waals surface area contributed by atoms with Crippen LogP contribution in [0.4, 0.5) is 0 Å². The van der Waals surface area contributed by atoms with E-state index < -0.39 is 11.4 Å². The maximum atomic E-state index is 6.90. The minimum atomic E-state index is -0.711. The van der Waals surface area contributed by atoms with Crippen LogP contribution < -0.4 is 0 Å². The van der Waals surface area contributed by atoms with E-state index in [4.69, 9.17) is 14.5 Å². The SMILES string of the molecule is CC1(C)CC(C)(C)CC2(C1)OO[C@@]1(c3ccccc3)CC(c3ccccc3)=C[C@H]1O2. The van der Waals surface area contributed by atoms with Crippen LogP contribution in [0.1, 0.15) is 64.5 Å². The van der Waals surface area contributed by atoms with Crippen LogP contribution in [-0.2, 0) is 20.1 Å². The lowest BCUT2D eigenvalue weighted by Crippen LogP contribution is -2.59. The van der Waals surface area contributed by atoms with Gasteiger partial charge in [-0.3, -0.25) is 0 Å². The Balaban J connectivity index is 1.55. The molecule has 2 fully saturated rings. The molecule has 2 aliphatic carbocycles. The molecule has 0 aromatic heterocycles. The van der Waals surface area contributed by atoms with Crippen molar-refractivity contribution in [3.63, 3.8) is 0 Å². The monoisotopic (exact) mass is 404 g/mol. The van der Waals surface area contributed by atoms with Crippen LogP contribution >= 0.6 is 0 Å². The molecule has 0 unspecified atom stereocenters. The van der Waals surface area contributed by atoms with Crippen LogP contribution in [0.3, 0.4) is 0 Å². The lowest BCUT2D eigenvalue weighted by molar-refractivity contribution is -0.538. The van der Waals surface area contributed by atoms with Crippen molar-refractivity contribution in [1.29, 1.82) is 0 Å². The second kappa shape index (κ2) is 6.78. The van der Waals surface area contributed by atoms with Gasteiger partial charge in [0.05, 0.1) is 0 Å². The summed E-state index contributed by atoms with van der Waals surface area (Å²) in [5.74, 6) is -0.711. The fraction of sp³-hybridized carbons (Fsp3) is 0.481. The summed E-state index contributed by atoms with van der Waals surface area (Å²) in [6, 6.07) is 20.9. The highest BCUT2D eigenvalue weighted by Gasteiger charge is 2.60. The summed E-state index contributed by atoms with van der Waals surface area (Å²) in [4.78, 5) is 12.7. The molecule has 158 valence electrons. The molecule has 3 aliphatic rings. The van der Waals surface area contributed by atoms with Gasteiger partial charge in [-0.05, 0) is 40.0 Å². The Hall–Kier alpha value is -1.94. The normalized spacial score (nSPS) is 31.2. The van der Waals surface area contributed by atoms with Crippen molar-refractivity contribution in [2.75, 3.05) is 0 Å². The Labute approximate surface area is 180 Å². The van der Waals surface area contributed by atoms with E-state index in [1.165, 1.54) is 11.1 Å². The molecule has 0 amide bonds. The van der Waals surface area contributed by atoms with Crippen molar-refractivity contribution in [2.24, 2.45) is 10.8 Å². The predicted molar refractivity (Wildman–Crippen MR) is 118 cm³/mol. The summed E-state index contributed by atoms with van der Waals surface area (Å²) in [7, 11) is 0. The molecule has 1 heterocycles. The first kappa shape index (κ1) is 20.0. The van der Waals surface area contributed by atoms with Gasteiger partial charge in [-0.2, -0.15) is 4.89 Å². The highest BCUT2D eigenvalue weighted by molar-refractivity contribution is 5.70. The van der Waals surface area contributed by atoms with Crippen LogP contribution in [0.2, 0.25) is 0 Å². The minimum absolute atomic E-state index is 0.127. The number of fused-ring (bicyclic) bond motifs is 1. The standard InChI is InChI=1S/C27H32O3/c1-24(2)17-25(3,4)19-26(18-24)28-23-15-21(20-11-7-5-8-12-20)16-27(23,30-29-26)22-13-9-6-10-14-22/h5-15,23H,16-19H2,1-4H3/t23-,27-/m1/s1. The summed E-state index contributed by atoms with van der Waals surface area (Å²) < 4.78 is 6.90. The van der Waals surface area contributed by atoms with E-state index in [1.807, 2.05) is 6.07 Å². The van der Waals surface area contributed by atoms with Crippen molar-refractivity contribution in [3.05, 3.63) is 77.9 Å². The van der Waals surface area contributed by atoms with Crippen LogP contribution in [-0.4, -0.2) is 11.9 Å². The second-order valence-corrected chi connectivity index (χ2v) is 11.0. The third-order valence-electron chi connectivity index (χ3n) is 6.81. The van der Waals surface area contributed by atoms with E-state index in [-0.39, 0.29) is 16.9 Å². The van der Waals surface area contributed by atoms with Crippen molar-refractivity contribution in [2.45, 2.75) is 70.9 Å². The van der Waals surface area contributed by atoms with Gasteiger partial charge in [-0.25, -0.2) is 4.89 Å².